The zero-order chi connectivity index (χ0) is 13.7. The summed E-state index contributed by atoms with van der Waals surface area (Å²) in [6.45, 7) is 4.91. The van der Waals surface area contributed by atoms with Gasteiger partial charge >= 0.3 is 0 Å². The molecule has 0 atom stereocenters. The molecule has 0 aliphatic carbocycles. The second kappa shape index (κ2) is 6.25. The standard InChI is InChI=1S/C11H18N4O2S/c1-4-14-10(17)8-7(12)6(9(16)13-3)11(18-8)15-5-2/h15H,4-5,12H2,1-3H3,(H,13,16)(H,14,17). The molecule has 0 fully saturated rings. The van der Waals surface area contributed by atoms with Crippen LogP contribution in [0, 0.1) is 0 Å². The van der Waals surface area contributed by atoms with Crippen LogP contribution in [0.3, 0.4) is 0 Å². The third kappa shape index (κ3) is 2.73. The highest BCUT2D eigenvalue weighted by atomic mass is 32.1. The average molecular weight is 270 g/mol. The second-order valence-electron chi connectivity index (χ2n) is 3.52. The molecule has 1 aromatic rings. The Morgan fingerprint density at radius 2 is 1.89 bits per heavy atom. The van der Waals surface area contributed by atoms with Crippen molar-refractivity contribution in [2.45, 2.75) is 13.8 Å². The van der Waals surface area contributed by atoms with Crippen LogP contribution in [0.25, 0.3) is 0 Å². The molecule has 18 heavy (non-hydrogen) atoms. The summed E-state index contributed by atoms with van der Waals surface area (Å²) in [7, 11) is 1.53. The molecule has 1 heterocycles. The van der Waals surface area contributed by atoms with Crippen molar-refractivity contribution < 1.29 is 9.59 Å². The van der Waals surface area contributed by atoms with Gasteiger partial charge in [-0.05, 0) is 13.8 Å². The molecule has 0 saturated carbocycles. The third-order valence-electron chi connectivity index (χ3n) is 2.28. The Labute approximate surface area is 110 Å². The van der Waals surface area contributed by atoms with Gasteiger partial charge in [-0.15, -0.1) is 11.3 Å². The first-order valence-electron chi connectivity index (χ1n) is 5.73. The predicted molar refractivity (Wildman–Crippen MR) is 74.3 cm³/mol. The Morgan fingerprint density at radius 3 is 2.39 bits per heavy atom. The lowest BCUT2D eigenvalue weighted by atomic mass is 10.2. The lowest BCUT2D eigenvalue weighted by molar-refractivity contribution is 0.0959. The molecular weight excluding hydrogens is 252 g/mol. The van der Waals surface area contributed by atoms with Crippen LogP contribution >= 0.6 is 11.3 Å². The van der Waals surface area contributed by atoms with Gasteiger partial charge in [-0.2, -0.15) is 0 Å². The number of hydrogen-bond donors (Lipinski definition) is 4. The smallest absolute Gasteiger partial charge is 0.263 e. The molecule has 5 N–H and O–H groups in total. The van der Waals surface area contributed by atoms with E-state index in [0.29, 0.717) is 28.5 Å². The van der Waals surface area contributed by atoms with Gasteiger partial charge < -0.3 is 21.7 Å². The number of nitrogen functional groups attached to an aromatic ring is 1. The van der Waals surface area contributed by atoms with Crippen LogP contribution in [0.4, 0.5) is 10.7 Å². The van der Waals surface area contributed by atoms with E-state index in [4.69, 9.17) is 5.73 Å². The van der Waals surface area contributed by atoms with Gasteiger partial charge in [-0.1, -0.05) is 0 Å². The molecule has 0 bridgehead atoms. The Hall–Kier alpha value is -1.76. The quantitative estimate of drug-likeness (QED) is 0.638. The highest BCUT2D eigenvalue weighted by Gasteiger charge is 2.24. The highest BCUT2D eigenvalue weighted by molar-refractivity contribution is 7.19. The molecule has 1 aromatic heterocycles. The first-order valence-corrected chi connectivity index (χ1v) is 6.54. The molecule has 1 rings (SSSR count). The molecule has 0 radical (unpaired) electrons. The molecule has 0 aliphatic heterocycles. The van der Waals surface area contributed by atoms with Gasteiger partial charge in [0.15, 0.2) is 0 Å². The van der Waals surface area contributed by atoms with E-state index >= 15 is 0 Å². The minimum Gasteiger partial charge on any atom is -0.397 e. The van der Waals surface area contributed by atoms with Gasteiger partial charge in [-0.25, -0.2) is 0 Å². The van der Waals surface area contributed by atoms with Gasteiger partial charge in [0.05, 0.1) is 11.3 Å². The Morgan fingerprint density at radius 1 is 1.22 bits per heavy atom. The van der Waals surface area contributed by atoms with Gasteiger partial charge in [0.25, 0.3) is 11.8 Å². The summed E-state index contributed by atoms with van der Waals surface area (Å²) >= 11 is 1.19. The maximum absolute atomic E-state index is 11.8. The summed E-state index contributed by atoms with van der Waals surface area (Å²) in [5.74, 6) is -0.551. The Balaban J connectivity index is 3.23. The number of nitrogens with two attached hydrogens (primary N) is 1. The van der Waals surface area contributed by atoms with Crippen LogP contribution < -0.4 is 21.7 Å². The van der Waals surface area contributed by atoms with E-state index in [1.165, 1.54) is 18.4 Å². The summed E-state index contributed by atoms with van der Waals surface area (Å²) in [5, 5.41) is 8.86. The zero-order valence-corrected chi connectivity index (χ0v) is 11.5. The molecule has 0 aromatic carbocycles. The van der Waals surface area contributed by atoms with E-state index in [9.17, 15) is 9.59 Å². The number of carbonyl (C=O) groups excluding carboxylic acids is 2. The van der Waals surface area contributed by atoms with Crippen molar-refractivity contribution in [2.24, 2.45) is 0 Å². The minimum absolute atomic E-state index is 0.223. The number of nitrogens with one attached hydrogen (secondary N) is 3. The maximum atomic E-state index is 11.8. The number of amides is 2. The van der Waals surface area contributed by atoms with Gasteiger partial charge in [0.2, 0.25) is 0 Å². The monoisotopic (exact) mass is 270 g/mol. The number of thiophene rings is 1. The van der Waals surface area contributed by atoms with E-state index in [2.05, 4.69) is 16.0 Å². The number of hydrogen-bond acceptors (Lipinski definition) is 5. The van der Waals surface area contributed by atoms with Crippen molar-refractivity contribution in [3.05, 3.63) is 10.4 Å². The zero-order valence-electron chi connectivity index (χ0n) is 10.7. The normalized spacial score (nSPS) is 9.94. The molecule has 7 heteroatoms. The molecule has 6 nitrogen and oxygen atoms in total. The molecule has 0 spiro atoms. The van der Waals surface area contributed by atoms with Crippen LogP contribution in [-0.2, 0) is 0 Å². The van der Waals surface area contributed by atoms with E-state index in [0.717, 1.165) is 0 Å². The van der Waals surface area contributed by atoms with Crippen LogP contribution in [-0.4, -0.2) is 32.0 Å². The number of rotatable bonds is 5. The Kier molecular flexibility index (Phi) is 4.96. The van der Waals surface area contributed by atoms with Gasteiger partial charge in [0.1, 0.15) is 9.88 Å². The predicted octanol–water partition coefficient (Wildman–Crippen LogP) is 0.871. The molecule has 0 saturated heterocycles. The van der Waals surface area contributed by atoms with Crippen LogP contribution in [0.15, 0.2) is 0 Å². The lowest BCUT2D eigenvalue weighted by Gasteiger charge is -2.04. The van der Waals surface area contributed by atoms with Crippen LogP contribution in [0.1, 0.15) is 33.9 Å². The Bertz CT molecular complexity index is 456. The molecule has 0 aliphatic rings. The first-order chi connectivity index (χ1) is 8.56. The topological polar surface area (TPSA) is 96.2 Å². The van der Waals surface area contributed by atoms with E-state index in [-0.39, 0.29) is 17.5 Å². The number of carbonyl (C=O) groups is 2. The molecule has 100 valence electrons. The minimum atomic E-state index is -0.296. The van der Waals surface area contributed by atoms with Gasteiger partial charge in [0, 0.05) is 20.1 Å². The third-order valence-corrected chi connectivity index (χ3v) is 3.44. The lowest BCUT2D eigenvalue weighted by Crippen LogP contribution is -2.23. The van der Waals surface area contributed by atoms with Crippen molar-refractivity contribution in [1.82, 2.24) is 10.6 Å². The largest absolute Gasteiger partial charge is 0.397 e. The van der Waals surface area contributed by atoms with E-state index in [1.807, 2.05) is 13.8 Å². The molecule has 0 unspecified atom stereocenters. The highest BCUT2D eigenvalue weighted by Crippen LogP contribution is 2.35. The molecule has 2 amide bonds. The fourth-order valence-electron chi connectivity index (χ4n) is 1.49. The van der Waals surface area contributed by atoms with Crippen LogP contribution in [0.5, 0.6) is 0 Å². The fourth-order valence-corrected chi connectivity index (χ4v) is 2.59. The first kappa shape index (κ1) is 14.3. The summed E-state index contributed by atoms with van der Waals surface area (Å²) in [5.41, 5.74) is 6.45. The van der Waals surface area contributed by atoms with Crippen molar-refractivity contribution >= 4 is 33.8 Å². The van der Waals surface area contributed by atoms with Crippen molar-refractivity contribution in [3.63, 3.8) is 0 Å². The van der Waals surface area contributed by atoms with Crippen molar-refractivity contribution in [2.75, 3.05) is 31.2 Å². The summed E-state index contributed by atoms with van der Waals surface area (Å²) in [6, 6.07) is 0. The van der Waals surface area contributed by atoms with E-state index in [1.54, 1.807) is 0 Å². The average Bonchev–Trinajstić information content (AvgIpc) is 2.66. The van der Waals surface area contributed by atoms with Crippen LogP contribution in [0.2, 0.25) is 0 Å². The summed E-state index contributed by atoms with van der Waals surface area (Å²) < 4.78 is 0. The molecular formula is C11H18N4O2S. The summed E-state index contributed by atoms with van der Waals surface area (Å²) in [4.78, 5) is 23.9. The SMILES string of the molecule is CCNC(=O)c1sc(NCC)c(C(=O)NC)c1N. The number of anilines is 2. The second-order valence-corrected chi connectivity index (χ2v) is 4.54. The maximum Gasteiger partial charge on any atom is 0.263 e. The summed E-state index contributed by atoms with van der Waals surface area (Å²) in [6.07, 6.45) is 0. The van der Waals surface area contributed by atoms with Crippen molar-refractivity contribution in [1.29, 1.82) is 0 Å². The fraction of sp³-hybridized carbons (Fsp3) is 0.455. The van der Waals surface area contributed by atoms with E-state index < -0.39 is 0 Å². The van der Waals surface area contributed by atoms with Crippen molar-refractivity contribution in [3.8, 4) is 0 Å². The van der Waals surface area contributed by atoms with Gasteiger partial charge in [-0.3, -0.25) is 9.59 Å².